The van der Waals surface area contributed by atoms with Crippen molar-refractivity contribution in [1.29, 1.82) is 0 Å². The number of hydrogen-bond donors (Lipinski definition) is 1. The van der Waals surface area contributed by atoms with Crippen molar-refractivity contribution in [1.82, 2.24) is 24.6 Å². The number of pyridine rings is 1. The summed E-state index contributed by atoms with van der Waals surface area (Å²) >= 11 is 0. The largest absolute Gasteiger partial charge is 0.343 e. The second-order valence-corrected chi connectivity index (χ2v) is 7.28. The molecule has 136 valence electrons. The van der Waals surface area contributed by atoms with Crippen LogP contribution in [0, 0.1) is 13.8 Å². The zero-order chi connectivity index (χ0) is 18.1. The molecule has 3 aromatic heterocycles. The maximum absolute atomic E-state index is 12.5. The van der Waals surface area contributed by atoms with Crippen LogP contribution in [-0.4, -0.2) is 43.6 Å². The van der Waals surface area contributed by atoms with Crippen molar-refractivity contribution in [2.24, 2.45) is 0 Å². The molecule has 0 spiro atoms. The first-order valence-electron chi connectivity index (χ1n) is 9.31. The third kappa shape index (κ3) is 3.36. The minimum atomic E-state index is 0.229. The number of aromatic amines is 1. The maximum atomic E-state index is 12.5. The van der Waals surface area contributed by atoms with Gasteiger partial charge in [-0.1, -0.05) is 0 Å². The predicted molar refractivity (Wildman–Crippen MR) is 101 cm³/mol. The summed E-state index contributed by atoms with van der Waals surface area (Å²) in [7, 11) is 0. The number of rotatable bonds is 4. The summed E-state index contributed by atoms with van der Waals surface area (Å²) in [5, 5.41) is 5.42. The van der Waals surface area contributed by atoms with E-state index < -0.39 is 0 Å². The first kappa shape index (κ1) is 16.8. The number of nitrogens with one attached hydrogen (secondary N) is 1. The summed E-state index contributed by atoms with van der Waals surface area (Å²) in [6.07, 6.45) is 6.19. The zero-order valence-corrected chi connectivity index (χ0v) is 15.4. The van der Waals surface area contributed by atoms with Gasteiger partial charge in [-0.3, -0.25) is 9.48 Å². The predicted octanol–water partition coefficient (Wildman–Crippen LogP) is 3.17. The summed E-state index contributed by atoms with van der Waals surface area (Å²) in [4.78, 5) is 22.4. The SMILES string of the molecule is Cc1cnc2[nH]c(C3CCN(C(=O)CCn4nccc4C)CC3)cc2c1. The first-order chi connectivity index (χ1) is 12.6. The molecule has 0 radical (unpaired) electrons. The molecular weight excluding hydrogens is 326 g/mol. The van der Waals surface area contributed by atoms with Crippen molar-refractivity contribution >= 4 is 16.9 Å². The lowest BCUT2D eigenvalue weighted by molar-refractivity contribution is -0.132. The molecule has 1 saturated heterocycles. The van der Waals surface area contributed by atoms with Crippen molar-refractivity contribution in [2.75, 3.05) is 13.1 Å². The molecule has 0 aliphatic carbocycles. The molecule has 3 aromatic rings. The van der Waals surface area contributed by atoms with Gasteiger partial charge in [-0.05, 0) is 50.5 Å². The highest BCUT2D eigenvalue weighted by Gasteiger charge is 2.24. The van der Waals surface area contributed by atoms with Crippen LogP contribution in [0.4, 0.5) is 0 Å². The van der Waals surface area contributed by atoms with Gasteiger partial charge in [0.15, 0.2) is 0 Å². The average molecular weight is 351 g/mol. The van der Waals surface area contributed by atoms with E-state index in [9.17, 15) is 4.79 Å². The van der Waals surface area contributed by atoms with Gasteiger partial charge < -0.3 is 9.88 Å². The van der Waals surface area contributed by atoms with Crippen molar-refractivity contribution in [2.45, 2.75) is 45.6 Å². The topological polar surface area (TPSA) is 66.8 Å². The third-order valence-corrected chi connectivity index (χ3v) is 5.38. The van der Waals surface area contributed by atoms with Crippen molar-refractivity contribution < 1.29 is 4.79 Å². The quantitative estimate of drug-likeness (QED) is 0.785. The van der Waals surface area contributed by atoms with Crippen LogP contribution in [0.5, 0.6) is 0 Å². The van der Waals surface area contributed by atoms with E-state index in [2.05, 4.69) is 34.1 Å². The fraction of sp³-hybridized carbons (Fsp3) is 0.450. The molecule has 4 heterocycles. The molecule has 0 bridgehead atoms. The van der Waals surface area contributed by atoms with Gasteiger partial charge in [0.25, 0.3) is 0 Å². The molecular formula is C20H25N5O. The Balaban J connectivity index is 1.34. The molecule has 1 N–H and O–H groups in total. The lowest BCUT2D eigenvalue weighted by Gasteiger charge is -2.31. The summed E-state index contributed by atoms with van der Waals surface area (Å²) in [5.41, 5.74) is 4.48. The van der Waals surface area contributed by atoms with E-state index in [4.69, 9.17) is 0 Å². The Morgan fingerprint density at radius 1 is 1.27 bits per heavy atom. The van der Waals surface area contributed by atoms with Crippen LogP contribution in [0.15, 0.2) is 30.6 Å². The number of piperidine rings is 1. The van der Waals surface area contributed by atoms with Crippen LogP contribution < -0.4 is 0 Å². The number of aryl methyl sites for hydroxylation is 3. The van der Waals surface area contributed by atoms with E-state index in [1.165, 1.54) is 16.6 Å². The zero-order valence-electron chi connectivity index (χ0n) is 15.4. The van der Waals surface area contributed by atoms with Gasteiger partial charge in [0.1, 0.15) is 5.65 Å². The number of nitrogens with zero attached hydrogens (tertiary/aromatic N) is 4. The number of aromatic nitrogens is 4. The number of carbonyl (C=O) groups is 1. The van der Waals surface area contributed by atoms with Gasteiger partial charge in [0.05, 0.1) is 0 Å². The Kier molecular flexibility index (Phi) is 4.49. The van der Waals surface area contributed by atoms with Crippen molar-refractivity contribution in [3.8, 4) is 0 Å². The Bertz CT molecular complexity index is 917. The molecule has 4 rings (SSSR count). The lowest BCUT2D eigenvalue weighted by atomic mass is 9.93. The van der Waals surface area contributed by atoms with Crippen LogP contribution in [0.3, 0.4) is 0 Å². The number of amides is 1. The van der Waals surface area contributed by atoms with Gasteiger partial charge in [-0.15, -0.1) is 0 Å². The number of hydrogen-bond acceptors (Lipinski definition) is 3. The Morgan fingerprint density at radius 2 is 2.08 bits per heavy atom. The molecule has 6 heteroatoms. The van der Waals surface area contributed by atoms with Crippen LogP contribution in [-0.2, 0) is 11.3 Å². The van der Waals surface area contributed by atoms with Gasteiger partial charge >= 0.3 is 0 Å². The molecule has 6 nitrogen and oxygen atoms in total. The number of likely N-dealkylation sites (tertiary alicyclic amines) is 1. The minimum Gasteiger partial charge on any atom is -0.343 e. The lowest BCUT2D eigenvalue weighted by Crippen LogP contribution is -2.38. The molecule has 26 heavy (non-hydrogen) atoms. The second-order valence-electron chi connectivity index (χ2n) is 7.28. The van der Waals surface area contributed by atoms with Crippen molar-refractivity contribution in [3.05, 3.63) is 47.5 Å². The summed E-state index contributed by atoms with van der Waals surface area (Å²) in [6.45, 7) is 6.38. The van der Waals surface area contributed by atoms with E-state index in [-0.39, 0.29) is 5.91 Å². The minimum absolute atomic E-state index is 0.229. The fourth-order valence-corrected chi connectivity index (χ4v) is 3.80. The van der Waals surface area contributed by atoms with E-state index in [1.54, 1.807) is 6.20 Å². The van der Waals surface area contributed by atoms with Gasteiger partial charge in [0, 0.05) is 61.1 Å². The van der Waals surface area contributed by atoms with Crippen molar-refractivity contribution in [3.63, 3.8) is 0 Å². The highest BCUT2D eigenvalue weighted by molar-refractivity contribution is 5.77. The van der Waals surface area contributed by atoms with Crippen LogP contribution in [0.1, 0.15) is 42.1 Å². The first-order valence-corrected chi connectivity index (χ1v) is 9.31. The third-order valence-electron chi connectivity index (χ3n) is 5.38. The van der Waals surface area contributed by atoms with Crippen LogP contribution in [0.25, 0.3) is 11.0 Å². The van der Waals surface area contributed by atoms with Gasteiger partial charge in [-0.25, -0.2) is 4.98 Å². The highest BCUT2D eigenvalue weighted by atomic mass is 16.2. The van der Waals surface area contributed by atoms with Crippen LogP contribution in [0.2, 0.25) is 0 Å². The van der Waals surface area contributed by atoms with E-state index in [0.29, 0.717) is 18.9 Å². The van der Waals surface area contributed by atoms with E-state index >= 15 is 0 Å². The molecule has 1 fully saturated rings. The molecule has 1 aliphatic rings. The fourth-order valence-electron chi connectivity index (χ4n) is 3.80. The van der Waals surface area contributed by atoms with Crippen LogP contribution >= 0.6 is 0 Å². The summed E-state index contributed by atoms with van der Waals surface area (Å²) < 4.78 is 1.89. The summed E-state index contributed by atoms with van der Waals surface area (Å²) in [6, 6.07) is 6.35. The normalized spacial score (nSPS) is 15.7. The Hall–Kier alpha value is -2.63. The second kappa shape index (κ2) is 6.94. The molecule has 1 amide bonds. The Labute approximate surface area is 153 Å². The number of carbonyl (C=O) groups excluding carboxylic acids is 1. The van der Waals surface area contributed by atoms with Gasteiger partial charge in [-0.2, -0.15) is 5.10 Å². The summed E-state index contributed by atoms with van der Waals surface area (Å²) in [5.74, 6) is 0.703. The number of fused-ring (bicyclic) bond motifs is 1. The molecule has 0 atom stereocenters. The van der Waals surface area contributed by atoms with Gasteiger partial charge in [0.2, 0.25) is 5.91 Å². The maximum Gasteiger partial charge on any atom is 0.224 e. The standard InChI is InChI=1S/C20H25N5O/c1-14-11-17-12-18(23-20(17)21-13-14)16-4-8-24(9-5-16)19(26)6-10-25-15(2)3-7-22-25/h3,7,11-13,16H,4-6,8-10H2,1-2H3,(H,21,23). The average Bonchev–Trinajstić information content (AvgIpc) is 3.25. The molecule has 0 saturated carbocycles. The van der Waals surface area contributed by atoms with E-state index in [0.717, 1.165) is 37.3 Å². The smallest absolute Gasteiger partial charge is 0.224 e. The number of H-pyrrole nitrogens is 1. The molecule has 0 aromatic carbocycles. The molecule has 1 aliphatic heterocycles. The molecule has 0 unspecified atom stereocenters. The monoisotopic (exact) mass is 351 g/mol. The Morgan fingerprint density at radius 3 is 2.81 bits per heavy atom. The van der Waals surface area contributed by atoms with E-state index in [1.807, 2.05) is 28.8 Å². The highest BCUT2D eigenvalue weighted by Crippen LogP contribution is 2.29.